The number of nitrogens with zero attached hydrogens (tertiary/aromatic N) is 3. The van der Waals surface area contributed by atoms with E-state index in [2.05, 4.69) is 20.5 Å². The predicted molar refractivity (Wildman–Crippen MR) is 136 cm³/mol. The van der Waals surface area contributed by atoms with Crippen molar-refractivity contribution in [1.29, 1.82) is 0 Å². The molecule has 0 unspecified atom stereocenters. The van der Waals surface area contributed by atoms with Gasteiger partial charge < -0.3 is 24.7 Å². The largest absolute Gasteiger partial charge is 0.452 e. The maximum atomic E-state index is 13.0. The smallest absolute Gasteiger partial charge is 0.348 e. The second-order valence-corrected chi connectivity index (χ2v) is 8.67. The van der Waals surface area contributed by atoms with Crippen LogP contribution in [0.1, 0.15) is 12.8 Å². The van der Waals surface area contributed by atoms with Gasteiger partial charge in [-0.1, -0.05) is 24.3 Å². The molecule has 0 radical (unpaired) electrons. The minimum absolute atomic E-state index is 0.240. The van der Waals surface area contributed by atoms with Crippen molar-refractivity contribution in [1.82, 2.24) is 19.8 Å². The topological polar surface area (TPSA) is 102 Å². The fourth-order valence-corrected chi connectivity index (χ4v) is 4.57. The number of carbonyl (C=O) groups excluding carboxylic acids is 1. The Morgan fingerprint density at radius 3 is 2.63 bits per heavy atom. The number of fused-ring (bicyclic) bond motifs is 3. The number of urea groups is 1. The van der Waals surface area contributed by atoms with Gasteiger partial charge in [-0.05, 0) is 50.2 Å². The zero-order valence-electron chi connectivity index (χ0n) is 19.8. The molecule has 0 bridgehead atoms. The van der Waals surface area contributed by atoms with E-state index >= 15 is 0 Å². The summed E-state index contributed by atoms with van der Waals surface area (Å²) in [5, 5.41) is 6.61. The molecule has 9 nitrogen and oxygen atoms in total. The van der Waals surface area contributed by atoms with Gasteiger partial charge in [-0.3, -0.25) is 4.57 Å². The third-order valence-electron chi connectivity index (χ3n) is 6.34. The number of likely N-dealkylation sites (tertiary alicyclic amines) is 1. The number of carbonyl (C=O) groups is 1. The monoisotopic (exact) mass is 475 g/mol. The third-order valence-corrected chi connectivity index (χ3v) is 6.34. The van der Waals surface area contributed by atoms with Crippen LogP contribution in [0.15, 0.2) is 57.7 Å². The Kier molecular flexibility index (Phi) is 6.78. The first-order valence-corrected chi connectivity index (χ1v) is 11.9. The molecule has 1 fully saturated rings. The lowest BCUT2D eigenvalue weighted by atomic mass is 10.1. The molecule has 2 aromatic carbocycles. The van der Waals surface area contributed by atoms with E-state index in [1.54, 1.807) is 23.8 Å². The number of amides is 2. The Labute approximate surface area is 202 Å². The minimum atomic E-state index is -0.365. The second-order valence-electron chi connectivity index (χ2n) is 8.67. The summed E-state index contributed by atoms with van der Waals surface area (Å²) in [5.41, 5.74) is 3.42. The third kappa shape index (κ3) is 4.91. The Hall–Kier alpha value is -3.69. The molecule has 0 atom stereocenters. The van der Waals surface area contributed by atoms with Gasteiger partial charge in [-0.15, -0.1) is 0 Å². The number of aromatic nitrogens is 2. The molecule has 2 N–H and O–H groups in total. The normalized spacial score (nSPS) is 14.1. The van der Waals surface area contributed by atoms with Crippen molar-refractivity contribution in [3.8, 4) is 11.3 Å². The molecule has 0 aliphatic carbocycles. The van der Waals surface area contributed by atoms with Crippen molar-refractivity contribution < 1.29 is 13.9 Å². The van der Waals surface area contributed by atoms with Crippen LogP contribution < -0.4 is 16.3 Å². The number of furan rings is 1. The van der Waals surface area contributed by atoms with Crippen molar-refractivity contribution >= 4 is 33.8 Å². The summed E-state index contributed by atoms with van der Waals surface area (Å²) in [6.07, 6.45) is 2.46. The van der Waals surface area contributed by atoms with E-state index in [-0.39, 0.29) is 11.7 Å². The van der Waals surface area contributed by atoms with Crippen LogP contribution in [-0.2, 0) is 11.3 Å². The van der Waals surface area contributed by atoms with Crippen molar-refractivity contribution in [2.45, 2.75) is 19.4 Å². The lowest BCUT2D eigenvalue weighted by Gasteiger charge is -2.15. The number of hydrogen-bond donors (Lipinski definition) is 2. The molecule has 1 aliphatic heterocycles. The van der Waals surface area contributed by atoms with Gasteiger partial charge in [0.15, 0.2) is 5.58 Å². The van der Waals surface area contributed by atoms with Crippen molar-refractivity contribution in [2.75, 3.05) is 45.2 Å². The fourth-order valence-electron chi connectivity index (χ4n) is 4.57. The van der Waals surface area contributed by atoms with Crippen LogP contribution in [0.5, 0.6) is 0 Å². The molecule has 3 heterocycles. The summed E-state index contributed by atoms with van der Waals surface area (Å²) < 4.78 is 12.9. The first kappa shape index (κ1) is 23.1. The standard InChI is InChI=1S/C26H29N5O4/c1-34-17-16-31-23-20-6-2-3-7-21(20)35-24(23)22(29-26(31)33)18-8-10-19(11-9-18)28-25(32)27-12-15-30-13-4-5-14-30/h2-3,6-11H,4-5,12-17H2,1H3,(H2,27,28,32). The molecule has 0 spiro atoms. The molecule has 0 saturated carbocycles. The average Bonchev–Trinajstić information content (AvgIpc) is 3.52. The number of para-hydroxylation sites is 1. The second kappa shape index (κ2) is 10.3. The van der Waals surface area contributed by atoms with Crippen LogP contribution in [0.4, 0.5) is 10.5 Å². The molecule has 2 amide bonds. The molecule has 9 heteroatoms. The van der Waals surface area contributed by atoms with E-state index < -0.39 is 0 Å². The van der Waals surface area contributed by atoms with Gasteiger partial charge in [0.1, 0.15) is 16.8 Å². The molecular weight excluding hydrogens is 446 g/mol. The molecule has 1 aliphatic rings. The molecule has 182 valence electrons. The van der Waals surface area contributed by atoms with Crippen LogP contribution >= 0.6 is 0 Å². The summed E-state index contributed by atoms with van der Waals surface area (Å²) >= 11 is 0. The van der Waals surface area contributed by atoms with E-state index in [0.29, 0.717) is 47.8 Å². The van der Waals surface area contributed by atoms with Crippen LogP contribution in [-0.4, -0.2) is 60.4 Å². The van der Waals surface area contributed by atoms with Crippen LogP contribution in [0.2, 0.25) is 0 Å². The van der Waals surface area contributed by atoms with E-state index in [9.17, 15) is 9.59 Å². The highest BCUT2D eigenvalue weighted by atomic mass is 16.5. The molecule has 1 saturated heterocycles. The zero-order valence-corrected chi connectivity index (χ0v) is 19.8. The quantitative estimate of drug-likeness (QED) is 0.403. The Morgan fingerprint density at radius 1 is 1.09 bits per heavy atom. The summed E-state index contributed by atoms with van der Waals surface area (Å²) in [6, 6.07) is 14.6. The van der Waals surface area contributed by atoms with E-state index in [1.165, 1.54) is 12.8 Å². The maximum Gasteiger partial charge on any atom is 0.348 e. The van der Waals surface area contributed by atoms with Gasteiger partial charge in [-0.2, -0.15) is 4.98 Å². The number of benzene rings is 2. The van der Waals surface area contributed by atoms with E-state index in [0.717, 1.165) is 30.6 Å². The molecular formula is C26H29N5O4. The van der Waals surface area contributed by atoms with Gasteiger partial charge in [0.05, 0.1) is 13.2 Å². The Bertz CT molecular complexity index is 1390. The molecule has 35 heavy (non-hydrogen) atoms. The number of methoxy groups -OCH3 is 1. The highest BCUT2D eigenvalue weighted by molar-refractivity contribution is 6.06. The molecule has 4 aromatic rings. The molecule has 2 aromatic heterocycles. The lowest BCUT2D eigenvalue weighted by molar-refractivity contribution is 0.187. The summed E-state index contributed by atoms with van der Waals surface area (Å²) in [6.45, 7) is 4.44. The van der Waals surface area contributed by atoms with Crippen molar-refractivity contribution in [3.05, 3.63) is 59.0 Å². The van der Waals surface area contributed by atoms with Gasteiger partial charge in [0, 0.05) is 36.8 Å². The predicted octanol–water partition coefficient (Wildman–Crippen LogP) is 3.67. The van der Waals surface area contributed by atoms with Gasteiger partial charge in [0.25, 0.3) is 0 Å². The van der Waals surface area contributed by atoms with Crippen molar-refractivity contribution in [3.63, 3.8) is 0 Å². The van der Waals surface area contributed by atoms with Crippen LogP contribution in [0, 0.1) is 0 Å². The summed E-state index contributed by atoms with van der Waals surface area (Å²) in [4.78, 5) is 31.9. The zero-order chi connectivity index (χ0) is 24.2. The van der Waals surface area contributed by atoms with Gasteiger partial charge in [-0.25, -0.2) is 9.59 Å². The van der Waals surface area contributed by atoms with E-state index in [1.807, 2.05) is 36.4 Å². The highest BCUT2D eigenvalue weighted by Gasteiger charge is 2.19. The average molecular weight is 476 g/mol. The minimum Gasteiger partial charge on any atom is -0.452 e. The fraction of sp³-hybridized carbons (Fsp3) is 0.346. The van der Waals surface area contributed by atoms with Crippen molar-refractivity contribution in [2.24, 2.45) is 0 Å². The number of nitrogens with one attached hydrogen (secondary N) is 2. The number of anilines is 1. The first-order valence-electron chi connectivity index (χ1n) is 11.9. The number of ether oxygens (including phenoxy) is 1. The van der Waals surface area contributed by atoms with Gasteiger partial charge in [0.2, 0.25) is 0 Å². The first-order chi connectivity index (χ1) is 17.1. The lowest BCUT2D eigenvalue weighted by Crippen LogP contribution is -2.35. The highest BCUT2D eigenvalue weighted by Crippen LogP contribution is 2.33. The molecule has 5 rings (SSSR count). The summed E-state index contributed by atoms with van der Waals surface area (Å²) in [7, 11) is 1.60. The van der Waals surface area contributed by atoms with E-state index in [4.69, 9.17) is 9.15 Å². The summed E-state index contributed by atoms with van der Waals surface area (Å²) in [5.74, 6) is 0. The Balaban J connectivity index is 1.38. The van der Waals surface area contributed by atoms with Crippen LogP contribution in [0.25, 0.3) is 33.3 Å². The number of hydrogen-bond acceptors (Lipinski definition) is 6. The van der Waals surface area contributed by atoms with Crippen LogP contribution in [0.3, 0.4) is 0 Å². The Morgan fingerprint density at radius 2 is 1.86 bits per heavy atom. The number of rotatable bonds is 8. The maximum absolute atomic E-state index is 13.0. The van der Waals surface area contributed by atoms with Gasteiger partial charge >= 0.3 is 11.7 Å². The SMILES string of the molecule is COCCn1c(=O)nc(-c2ccc(NC(=O)NCCN3CCCC3)cc2)c2oc3ccccc3c21.